The van der Waals surface area contributed by atoms with E-state index in [1.165, 1.54) is 0 Å². The van der Waals surface area contributed by atoms with Gasteiger partial charge in [0.15, 0.2) is 0 Å². The number of hydrogen-bond acceptors (Lipinski definition) is 3. The first kappa shape index (κ1) is 13.5. The van der Waals surface area contributed by atoms with Gasteiger partial charge in [-0.05, 0) is 43.4 Å². The lowest BCUT2D eigenvalue weighted by Crippen LogP contribution is -2.52. The number of nitrogens with one attached hydrogen (secondary N) is 1. The summed E-state index contributed by atoms with van der Waals surface area (Å²) < 4.78 is 27.5. The SMILES string of the molecule is CCC1(NS(=O)(=O)c2cccc(CN)c2)CCC1. The molecule has 0 saturated heterocycles. The molecule has 0 aliphatic heterocycles. The minimum atomic E-state index is -3.43. The molecule has 1 fully saturated rings. The first-order chi connectivity index (χ1) is 8.51. The Kier molecular flexibility index (Phi) is 3.75. The minimum Gasteiger partial charge on any atom is -0.326 e. The van der Waals surface area contributed by atoms with Crippen LogP contribution in [0.5, 0.6) is 0 Å². The van der Waals surface area contributed by atoms with Crippen molar-refractivity contribution in [3.8, 4) is 0 Å². The summed E-state index contributed by atoms with van der Waals surface area (Å²) in [5.41, 5.74) is 6.14. The summed E-state index contributed by atoms with van der Waals surface area (Å²) in [6.07, 6.45) is 3.79. The van der Waals surface area contributed by atoms with Gasteiger partial charge in [0.2, 0.25) is 10.0 Å². The summed E-state index contributed by atoms with van der Waals surface area (Å²) in [6, 6.07) is 6.82. The molecule has 0 amide bonds. The van der Waals surface area contributed by atoms with Gasteiger partial charge in [-0.15, -0.1) is 0 Å². The molecule has 2 rings (SSSR count). The van der Waals surface area contributed by atoms with Gasteiger partial charge < -0.3 is 5.73 Å². The van der Waals surface area contributed by atoms with E-state index < -0.39 is 10.0 Å². The number of hydrogen-bond donors (Lipinski definition) is 2. The summed E-state index contributed by atoms with van der Waals surface area (Å²) in [4.78, 5) is 0.310. The zero-order chi connectivity index (χ0) is 13.2. The molecule has 1 aliphatic carbocycles. The molecular weight excluding hydrogens is 248 g/mol. The van der Waals surface area contributed by atoms with Crippen molar-refractivity contribution in [3.05, 3.63) is 29.8 Å². The third-order valence-corrected chi connectivity index (χ3v) is 5.36. The summed E-state index contributed by atoms with van der Waals surface area (Å²) >= 11 is 0. The number of rotatable bonds is 5. The predicted octanol–water partition coefficient (Wildman–Crippen LogP) is 1.76. The van der Waals surface area contributed by atoms with Gasteiger partial charge in [0.1, 0.15) is 0 Å². The van der Waals surface area contributed by atoms with Crippen molar-refractivity contribution in [1.82, 2.24) is 4.72 Å². The summed E-state index contributed by atoms with van der Waals surface area (Å²) in [7, 11) is -3.43. The molecule has 1 aromatic carbocycles. The van der Waals surface area contributed by atoms with Crippen LogP contribution in [-0.2, 0) is 16.6 Å². The van der Waals surface area contributed by atoms with Gasteiger partial charge in [-0.25, -0.2) is 13.1 Å². The molecule has 18 heavy (non-hydrogen) atoms. The Morgan fingerprint density at radius 2 is 2.11 bits per heavy atom. The highest BCUT2D eigenvalue weighted by atomic mass is 32.2. The van der Waals surface area contributed by atoms with Crippen LogP contribution < -0.4 is 10.5 Å². The lowest BCUT2D eigenvalue weighted by molar-refractivity contribution is 0.214. The second kappa shape index (κ2) is 4.99. The van der Waals surface area contributed by atoms with Gasteiger partial charge in [0.25, 0.3) is 0 Å². The lowest BCUT2D eigenvalue weighted by Gasteiger charge is -2.41. The first-order valence-electron chi connectivity index (χ1n) is 6.34. The zero-order valence-electron chi connectivity index (χ0n) is 10.6. The van der Waals surface area contributed by atoms with E-state index in [0.717, 1.165) is 31.2 Å². The van der Waals surface area contributed by atoms with Crippen LogP contribution >= 0.6 is 0 Å². The molecule has 100 valence electrons. The smallest absolute Gasteiger partial charge is 0.241 e. The third-order valence-electron chi connectivity index (χ3n) is 3.78. The Labute approximate surface area is 109 Å². The van der Waals surface area contributed by atoms with Crippen LogP contribution in [0, 0.1) is 0 Å². The van der Waals surface area contributed by atoms with Crippen molar-refractivity contribution in [3.63, 3.8) is 0 Å². The Morgan fingerprint density at radius 1 is 1.39 bits per heavy atom. The van der Waals surface area contributed by atoms with Gasteiger partial charge >= 0.3 is 0 Å². The summed E-state index contributed by atoms with van der Waals surface area (Å²) in [5.74, 6) is 0. The van der Waals surface area contributed by atoms with E-state index in [1.54, 1.807) is 18.2 Å². The highest BCUT2D eigenvalue weighted by molar-refractivity contribution is 7.89. The maximum atomic E-state index is 12.3. The van der Waals surface area contributed by atoms with Gasteiger partial charge in [-0.1, -0.05) is 19.1 Å². The van der Waals surface area contributed by atoms with Gasteiger partial charge in [-0.3, -0.25) is 0 Å². The molecule has 0 heterocycles. The third kappa shape index (κ3) is 2.58. The summed E-state index contributed by atoms with van der Waals surface area (Å²) in [6.45, 7) is 2.38. The fraction of sp³-hybridized carbons (Fsp3) is 0.538. The molecule has 0 unspecified atom stereocenters. The summed E-state index contributed by atoms with van der Waals surface area (Å²) in [5, 5.41) is 0. The van der Waals surface area contributed by atoms with Crippen LogP contribution in [0.15, 0.2) is 29.2 Å². The van der Waals surface area contributed by atoms with E-state index >= 15 is 0 Å². The highest BCUT2D eigenvalue weighted by Crippen LogP contribution is 2.36. The molecule has 1 aliphatic rings. The van der Waals surface area contributed by atoms with Crippen molar-refractivity contribution < 1.29 is 8.42 Å². The fourth-order valence-corrected chi connectivity index (χ4v) is 3.92. The van der Waals surface area contributed by atoms with Crippen molar-refractivity contribution in [2.75, 3.05) is 0 Å². The van der Waals surface area contributed by atoms with E-state index in [-0.39, 0.29) is 5.54 Å². The number of nitrogens with two attached hydrogens (primary N) is 1. The van der Waals surface area contributed by atoms with Gasteiger partial charge in [-0.2, -0.15) is 0 Å². The highest BCUT2D eigenvalue weighted by Gasteiger charge is 2.38. The molecule has 5 heteroatoms. The second-order valence-electron chi connectivity index (χ2n) is 4.94. The topological polar surface area (TPSA) is 72.2 Å². The molecular formula is C13H20N2O2S. The minimum absolute atomic E-state index is 0.225. The Bertz CT molecular complexity index is 516. The van der Waals surface area contributed by atoms with E-state index in [4.69, 9.17) is 5.73 Å². The average molecular weight is 268 g/mol. The van der Waals surface area contributed by atoms with Gasteiger partial charge in [0.05, 0.1) is 4.90 Å². The van der Waals surface area contributed by atoms with Crippen LogP contribution in [0.25, 0.3) is 0 Å². The Hall–Kier alpha value is -0.910. The first-order valence-corrected chi connectivity index (χ1v) is 7.83. The molecule has 1 saturated carbocycles. The van der Waals surface area contributed by atoms with Gasteiger partial charge in [0, 0.05) is 12.1 Å². The lowest BCUT2D eigenvalue weighted by atomic mass is 9.76. The Morgan fingerprint density at radius 3 is 2.61 bits per heavy atom. The molecule has 0 radical (unpaired) electrons. The monoisotopic (exact) mass is 268 g/mol. The Balaban J connectivity index is 2.24. The molecule has 4 nitrogen and oxygen atoms in total. The van der Waals surface area contributed by atoms with Crippen LogP contribution in [0.4, 0.5) is 0 Å². The number of sulfonamides is 1. The molecule has 0 spiro atoms. The van der Waals surface area contributed by atoms with Crippen LogP contribution in [0.1, 0.15) is 38.2 Å². The molecule has 0 aromatic heterocycles. The largest absolute Gasteiger partial charge is 0.326 e. The zero-order valence-corrected chi connectivity index (χ0v) is 11.5. The molecule has 0 atom stereocenters. The maximum Gasteiger partial charge on any atom is 0.241 e. The second-order valence-corrected chi connectivity index (χ2v) is 6.63. The van der Waals surface area contributed by atoms with Crippen LogP contribution in [0.2, 0.25) is 0 Å². The molecule has 1 aromatic rings. The predicted molar refractivity (Wildman–Crippen MR) is 71.5 cm³/mol. The van der Waals surface area contributed by atoms with Crippen LogP contribution in [-0.4, -0.2) is 14.0 Å². The van der Waals surface area contributed by atoms with Crippen molar-refractivity contribution in [2.24, 2.45) is 5.73 Å². The van der Waals surface area contributed by atoms with E-state index in [1.807, 2.05) is 13.0 Å². The van der Waals surface area contributed by atoms with Crippen molar-refractivity contribution in [2.45, 2.75) is 49.6 Å². The van der Waals surface area contributed by atoms with E-state index in [2.05, 4.69) is 4.72 Å². The van der Waals surface area contributed by atoms with Crippen molar-refractivity contribution >= 4 is 10.0 Å². The molecule has 3 N–H and O–H groups in total. The normalized spacial score (nSPS) is 18.3. The fourth-order valence-electron chi connectivity index (χ4n) is 2.31. The van der Waals surface area contributed by atoms with E-state index in [0.29, 0.717) is 11.4 Å². The molecule has 0 bridgehead atoms. The quantitative estimate of drug-likeness (QED) is 0.854. The standard InChI is InChI=1S/C13H20N2O2S/c1-2-13(7-4-8-13)15-18(16,17)12-6-3-5-11(9-12)10-14/h3,5-6,9,15H,2,4,7-8,10,14H2,1H3. The van der Waals surface area contributed by atoms with Crippen LogP contribution in [0.3, 0.4) is 0 Å². The van der Waals surface area contributed by atoms with E-state index in [9.17, 15) is 8.42 Å². The van der Waals surface area contributed by atoms with Crippen molar-refractivity contribution in [1.29, 1.82) is 0 Å². The number of benzene rings is 1. The maximum absolute atomic E-state index is 12.3. The average Bonchev–Trinajstić information content (AvgIpc) is 2.34.